The van der Waals surface area contributed by atoms with Crippen molar-refractivity contribution in [1.82, 2.24) is 19.7 Å². The number of rotatable bonds is 11. The average Bonchev–Trinajstić information content (AvgIpc) is 3.06. The van der Waals surface area contributed by atoms with Crippen LogP contribution in [0, 0.1) is 12.7 Å². The highest BCUT2D eigenvalue weighted by atomic mass is 32.2. The van der Waals surface area contributed by atoms with Crippen LogP contribution < -0.4 is 15.0 Å². The van der Waals surface area contributed by atoms with Crippen LogP contribution in [0.25, 0.3) is 11.4 Å². The van der Waals surface area contributed by atoms with E-state index < -0.39 is 21.8 Å². The molecule has 46 heavy (non-hydrogen) atoms. The number of hydrogen-bond acceptors (Lipinski definition) is 9. The lowest BCUT2D eigenvalue weighted by Gasteiger charge is -2.19. The number of fused-ring (bicyclic) bond motifs is 1. The Balaban J connectivity index is 1.22. The molecule has 0 aliphatic carbocycles. The Morgan fingerprint density at radius 1 is 0.891 bits per heavy atom. The zero-order valence-corrected chi connectivity index (χ0v) is 25.8. The van der Waals surface area contributed by atoms with Crippen LogP contribution in [-0.2, 0) is 27.7 Å². The Morgan fingerprint density at radius 2 is 1.65 bits per heavy atom. The van der Waals surface area contributed by atoms with Crippen LogP contribution in [0.5, 0.6) is 11.5 Å². The molecule has 0 spiro atoms. The van der Waals surface area contributed by atoms with Crippen molar-refractivity contribution in [3.63, 3.8) is 0 Å². The second-order valence-electron chi connectivity index (χ2n) is 10.8. The van der Waals surface area contributed by atoms with Crippen LogP contribution in [0.15, 0.2) is 101 Å². The van der Waals surface area contributed by atoms with Crippen molar-refractivity contribution in [3.05, 3.63) is 130 Å². The fourth-order valence-electron chi connectivity index (χ4n) is 5.04. The molecule has 236 valence electrons. The number of benzene rings is 3. The van der Waals surface area contributed by atoms with Crippen LogP contribution in [0.1, 0.15) is 34.9 Å². The molecular formula is C34H31FN4O6S. The Morgan fingerprint density at radius 3 is 2.46 bits per heavy atom. The third-order valence-electron chi connectivity index (χ3n) is 7.40. The smallest absolute Gasteiger partial charge is 0.267 e. The van der Waals surface area contributed by atoms with Gasteiger partial charge in [-0.15, -0.1) is 0 Å². The van der Waals surface area contributed by atoms with Gasteiger partial charge in [-0.2, -0.15) is 5.10 Å². The van der Waals surface area contributed by atoms with Crippen molar-refractivity contribution in [2.24, 2.45) is 0 Å². The molecule has 0 N–H and O–H groups in total. The normalized spacial score (nSPS) is 13.3. The summed E-state index contributed by atoms with van der Waals surface area (Å²) < 4.78 is 59.9. The van der Waals surface area contributed by atoms with Crippen molar-refractivity contribution >= 4 is 9.84 Å². The fourth-order valence-corrected chi connectivity index (χ4v) is 6.27. The van der Waals surface area contributed by atoms with Gasteiger partial charge in [0.25, 0.3) is 5.56 Å². The molecule has 0 saturated heterocycles. The first-order valence-corrected chi connectivity index (χ1v) is 16.4. The van der Waals surface area contributed by atoms with Gasteiger partial charge in [-0.3, -0.25) is 4.79 Å². The Kier molecular flexibility index (Phi) is 9.18. The van der Waals surface area contributed by atoms with Gasteiger partial charge in [0.15, 0.2) is 11.5 Å². The largest absolute Gasteiger partial charge is 0.486 e. The van der Waals surface area contributed by atoms with Crippen LogP contribution in [0.2, 0.25) is 0 Å². The van der Waals surface area contributed by atoms with Crippen molar-refractivity contribution in [2.75, 3.05) is 19.0 Å². The first kappa shape index (κ1) is 31.1. The summed E-state index contributed by atoms with van der Waals surface area (Å²) in [5.74, 6) is 0.528. The fraction of sp³-hybridized carbons (Fsp3) is 0.235. The quantitative estimate of drug-likeness (QED) is 0.181. The van der Waals surface area contributed by atoms with Crippen LogP contribution >= 0.6 is 0 Å². The maximum absolute atomic E-state index is 14.2. The maximum Gasteiger partial charge on any atom is 0.267 e. The van der Waals surface area contributed by atoms with Gasteiger partial charge in [0.1, 0.15) is 24.7 Å². The monoisotopic (exact) mass is 642 g/mol. The van der Waals surface area contributed by atoms with E-state index in [9.17, 15) is 17.6 Å². The van der Waals surface area contributed by atoms with E-state index >= 15 is 0 Å². The molecule has 2 aromatic heterocycles. The van der Waals surface area contributed by atoms with E-state index in [0.29, 0.717) is 41.7 Å². The van der Waals surface area contributed by atoms with E-state index in [1.165, 1.54) is 22.9 Å². The summed E-state index contributed by atoms with van der Waals surface area (Å²) >= 11 is 0. The number of nitrogens with zero attached hydrogens (tertiary/aromatic N) is 4. The maximum atomic E-state index is 14.2. The van der Waals surface area contributed by atoms with E-state index in [1.807, 2.05) is 36.4 Å². The zero-order chi connectivity index (χ0) is 32.1. The highest BCUT2D eigenvalue weighted by Crippen LogP contribution is 2.31. The molecule has 1 aliphatic heterocycles. The summed E-state index contributed by atoms with van der Waals surface area (Å²) in [4.78, 5) is 21.3. The predicted molar refractivity (Wildman–Crippen MR) is 168 cm³/mol. The molecule has 5 aromatic rings. The molecule has 1 atom stereocenters. The lowest BCUT2D eigenvalue weighted by Crippen LogP contribution is -2.23. The Bertz CT molecular complexity index is 2020. The lowest BCUT2D eigenvalue weighted by atomic mass is 10.1. The number of hydrogen-bond donors (Lipinski definition) is 0. The summed E-state index contributed by atoms with van der Waals surface area (Å²) in [6, 6.07) is 25.4. The summed E-state index contributed by atoms with van der Waals surface area (Å²) in [5.41, 5.74) is 2.59. The van der Waals surface area contributed by atoms with Gasteiger partial charge in [0.05, 0.1) is 30.7 Å². The Labute approximate surface area is 265 Å². The molecule has 6 rings (SSSR count). The first-order chi connectivity index (χ1) is 22.2. The molecule has 0 bridgehead atoms. The Hall–Kier alpha value is -4.94. The van der Waals surface area contributed by atoms with Gasteiger partial charge in [-0.25, -0.2) is 27.5 Å². The minimum Gasteiger partial charge on any atom is -0.486 e. The van der Waals surface area contributed by atoms with Gasteiger partial charge < -0.3 is 14.2 Å². The van der Waals surface area contributed by atoms with E-state index in [2.05, 4.69) is 15.1 Å². The number of aromatic nitrogens is 4. The third kappa shape index (κ3) is 7.30. The second-order valence-corrected chi connectivity index (χ2v) is 12.8. The SMILES string of the molecule is Cc1cc(-c2ccc(=O)n(Cc3ccc4c(c3)OCCO4)n2)nc(S(=O)(=O)CCC(OCc2ccccc2F)c2ccccc2)n1. The van der Waals surface area contributed by atoms with Gasteiger partial charge in [-0.05, 0) is 54.8 Å². The number of ether oxygens (including phenoxy) is 3. The van der Waals surface area contributed by atoms with Gasteiger partial charge in [-0.1, -0.05) is 54.6 Å². The van der Waals surface area contributed by atoms with Crippen molar-refractivity contribution in [2.45, 2.75) is 37.8 Å². The number of aryl methyl sites for hydroxylation is 1. The summed E-state index contributed by atoms with van der Waals surface area (Å²) in [7, 11) is -3.98. The van der Waals surface area contributed by atoms with Gasteiger partial charge >= 0.3 is 0 Å². The molecule has 3 aromatic carbocycles. The topological polar surface area (TPSA) is 122 Å². The van der Waals surface area contributed by atoms with E-state index in [4.69, 9.17) is 14.2 Å². The second kappa shape index (κ2) is 13.6. The van der Waals surface area contributed by atoms with Crippen LogP contribution in [-0.4, -0.2) is 47.1 Å². The molecule has 3 heterocycles. The first-order valence-electron chi connectivity index (χ1n) is 14.7. The molecular weight excluding hydrogens is 611 g/mol. The minimum absolute atomic E-state index is 0.0228. The van der Waals surface area contributed by atoms with Crippen LogP contribution in [0.3, 0.4) is 0 Å². The van der Waals surface area contributed by atoms with E-state index in [1.54, 1.807) is 43.3 Å². The standard InChI is InChI=1S/C34H31FN4O6S/c1-23-19-29(28-12-14-33(40)39(38-28)21-24-11-13-31-32(20-24)44-17-16-43-31)37-34(36-23)46(41,42)18-15-30(25-7-3-2-4-8-25)45-22-26-9-5-6-10-27(26)35/h2-14,19-20,30H,15-18,21-22H2,1H3. The van der Waals surface area contributed by atoms with Crippen molar-refractivity contribution < 1.29 is 27.0 Å². The summed E-state index contributed by atoms with van der Waals surface area (Å²) in [6.07, 6.45) is -0.530. The number of sulfone groups is 1. The van der Waals surface area contributed by atoms with E-state index in [-0.39, 0.29) is 41.7 Å². The molecule has 1 unspecified atom stereocenters. The highest BCUT2D eigenvalue weighted by Gasteiger charge is 2.24. The zero-order valence-electron chi connectivity index (χ0n) is 25.0. The number of halogens is 1. The molecule has 0 amide bonds. The molecule has 1 aliphatic rings. The lowest BCUT2D eigenvalue weighted by molar-refractivity contribution is 0.0361. The summed E-state index contributed by atoms with van der Waals surface area (Å²) in [6.45, 7) is 2.72. The molecule has 10 nitrogen and oxygen atoms in total. The average molecular weight is 643 g/mol. The molecule has 0 saturated carbocycles. The minimum atomic E-state index is -3.98. The summed E-state index contributed by atoms with van der Waals surface area (Å²) in [5, 5.41) is 4.13. The van der Waals surface area contributed by atoms with Crippen LogP contribution in [0.4, 0.5) is 4.39 Å². The molecule has 12 heteroatoms. The van der Waals surface area contributed by atoms with Gasteiger partial charge in [0.2, 0.25) is 15.0 Å². The van der Waals surface area contributed by atoms with Crippen molar-refractivity contribution in [1.29, 1.82) is 0 Å². The molecule has 0 radical (unpaired) electrons. The molecule has 0 fully saturated rings. The predicted octanol–water partition coefficient (Wildman–Crippen LogP) is 5.09. The van der Waals surface area contributed by atoms with E-state index in [0.717, 1.165) is 11.1 Å². The third-order valence-corrected chi connectivity index (χ3v) is 8.91. The van der Waals surface area contributed by atoms with Crippen molar-refractivity contribution in [3.8, 4) is 22.9 Å². The van der Waals surface area contributed by atoms with Gasteiger partial charge in [0, 0.05) is 17.3 Å². The highest BCUT2D eigenvalue weighted by molar-refractivity contribution is 7.91.